The van der Waals surface area contributed by atoms with Crippen molar-refractivity contribution in [2.75, 3.05) is 27.9 Å². The van der Waals surface area contributed by atoms with E-state index in [1.54, 1.807) is 14.2 Å². The third kappa shape index (κ3) is 7.45. The highest BCUT2D eigenvalue weighted by Crippen LogP contribution is 2.42. The highest BCUT2D eigenvalue weighted by Gasteiger charge is 2.28. The van der Waals surface area contributed by atoms with Gasteiger partial charge in [-0.25, -0.2) is 0 Å². The Kier molecular flexibility index (Phi) is 10.3. The Morgan fingerprint density at radius 3 is 2.35 bits per heavy atom. The first-order chi connectivity index (χ1) is 17.8. The normalized spacial score (nSPS) is 15.4. The molecule has 3 N–H and O–H groups in total. The van der Waals surface area contributed by atoms with Gasteiger partial charge in [0.15, 0.2) is 0 Å². The van der Waals surface area contributed by atoms with Gasteiger partial charge in [-0.2, -0.15) is 5.10 Å². The van der Waals surface area contributed by atoms with E-state index in [1.807, 2.05) is 42.8 Å². The minimum absolute atomic E-state index is 0.1000. The van der Waals surface area contributed by atoms with Crippen LogP contribution in [0.1, 0.15) is 70.3 Å². The summed E-state index contributed by atoms with van der Waals surface area (Å²) in [4.78, 5) is 23.8. The Morgan fingerprint density at radius 2 is 1.78 bits per heavy atom. The van der Waals surface area contributed by atoms with Crippen LogP contribution in [0, 0.1) is 5.92 Å². The third-order valence-corrected chi connectivity index (χ3v) is 6.63. The van der Waals surface area contributed by atoms with Gasteiger partial charge in [0.2, 0.25) is 5.91 Å². The number of hydrogen-bond donors (Lipinski definition) is 3. The number of nitrogens with one attached hydrogen (secondary N) is 2. The maximum Gasteiger partial charge on any atom is 0.325 e. The Balaban J connectivity index is 1.88. The molecule has 1 amide bonds. The van der Waals surface area contributed by atoms with E-state index in [2.05, 4.69) is 15.4 Å². The monoisotopic (exact) mass is 516 g/mol. The number of carbonyl (C=O) groups excluding carboxylic acids is 2. The molecule has 1 aromatic carbocycles. The molecule has 0 bridgehead atoms. The van der Waals surface area contributed by atoms with Crippen LogP contribution in [0.5, 0.6) is 11.5 Å². The number of benzene rings is 1. The van der Waals surface area contributed by atoms with Gasteiger partial charge in [-0.1, -0.05) is 32.8 Å². The van der Waals surface area contributed by atoms with Crippen molar-refractivity contribution in [3.63, 3.8) is 0 Å². The smallest absolute Gasteiger partial charge is 0.325 e. The van der Waals surface area contributed by atoms with E-state index in [0.29, 0.717) is 23.6 Å². The van der Waals surface area contributed by atoms with Crippen LogP contribution in [0.25, 0.3) is 11.3 Å². The van der Waals surface area contributed by atoms with Crippen LogP contribution in [-0.2, 0) is 14.3 Å². The van der Waals surface area contributed by atoms with Crippen LogP contribution in [-0.4, -0.2) is 60.7 Å². The van der Waals surface area contributed by atoms with Crippen molar-refractivity contribution in [1.82, 2.24) is 20.4 Å². The molecule has 3 rings (SSSR count). The van der Waals surface area contributed by atoms with Crippen LogP contribution in [0.3, 0.4) is 0 Å². The molecule has 1 unspecified atom stereocenters. The van der Waals surface area contributed by atoms with Crippen LogP contribution in [0.15, 0.2) is 24.3 Å². The maximum atomic E-state index is 12.4. The molecule has 204 valence electrons. The van der Waals surface area contributed by atoms with Crippen molar-refractivity contribution >= 4 is 11.9 Å². The summed E-state index contributed by atoms with van der Waals surface area (Å²) in [7, 11) is 4.51. The first kappa shape index (κ1) is 28.5. The quantitative estimate of drug-likeness (QED) is 0.274. The summed E-state index contributed by atoms with van der Waals surface area (Å²) in [5, 5.41) is 21.8. The summed E-state index contributed by atoms with van der Waals surface area (Å²) in [6.07, 6.45) is 3.92. The highest BCUT2D eigenvalue weighted by molar-refractivity contribution is 5.82. The minimum Gasteiger partial charge on any atom is -0.496 e. The topological polar surface area (TPSA) is 124 Å². The summed E-state index contributed by atoms with van der Waals surface area (Å²) in [5.41, 5.74) is 2.05. The molecule has 1 aliphatic carbocycles. The second-order valence-electron chi connectivity index (χ2n) is 9.83. The van der Waals surface area contributed by atoms with E-state index in [4.69, 9.17) is 14.6 Å². The summed E-state index contributed by atoms with van der Waals surface area (Å²) >= 11 is 0. The third-order valence-electron chi connectivity index (χ3n) is 6.63. The summed E-state index contributed by atoms with van der Waals surface area (Å²) in [6, 6.07) is 7.37. The molecule has 1 fully saturated rings. The van der Waals surface area contributed by atoms with Crippen LogP contribution in [0.2, 0.25) is 0 Å². The standard InChI is InChI=1S/C27H40N4O6/c1-17(2)13-18(14-24(32)28-16-25(33)37-5)29-27(34)20-15-21(31(30-20)19-9-6-7-10-19)26-22(35-3)11-8-12-23(26)36-4/h8,11-12,15,17-19,27,29,34H,6-7,9-10,13-14,16H2,1-5H3,(H,28,32)/t18-,27?/m0/s1. The van der Waals surface area contributed by atoms with Gasteiger partial charge in [-0.05, 0) is 43.4 Å². The lowest BCUT2D eigenvalue weighted by atomic mass is 10.0. The Bertz CT molecular complexity index is 1030. The fraction of sp³-hybridized carbons (Fsp3) is 0.593. The first-order valence-electron chi connectivity index (χ1n) is 12.9. The van der Waals surface area contributed by atoms with Crippen molar-refractivity contribution in [2.24, 2.45) is 5.92 Å². The van der Waals surface area contributed by atoms with Gasteiger partial charge in [-0.3, -0.25) is 19.6 Å². The number of aromatic nitrogens is 2. The predicted molar refractivity (Wildman–Crippen MR) is 139 cm³/mol. The van der Waals surface area contributed by atoms with Gasteiger partial charge in [0.05, 0.1) is 38.6 Å². The minimum atomic E-state index is -1.10. The SMILES string of the molecule is COC(=O)CNC(=O)C[C@H](CC(C)C)NC(O)c1cc(-c2c(OC)cccc2OC)n(C2CCCC2)n1. The number of aliphatic hydroxyl groups excluding tert-OH is 1. The highest BCUT2D eigenvalue weighted by atomic mass is 16.5. The predicted octanol–water partition coefficient (Wildman–Crippen LogP) is 3.36. The van der Waals surface area contributed by atoms with E-state index in [1.165, 1.54) is 7.11 Å². The van der Waals surface area contributed by atoms with Crippen LogP contribution in [0.4, 0.5) is 0 Å². The van der Waals surface area contributed by atoms with Crippen molar-refractivity contribution < 1.29 is 28.9 Å². The van der Waals surface area contributed by atoms with E-state index in [9.17, 15) is 14.7 Å². The number of aliphatic hydroxyl groups is 1. The van der Waals surface area contributed by atoms with Gasteiger partial charge in [0.25, 0.3) is 0 Å². The molecule has 0 saturated heterocycles. The summed E-state index contributed by atoms with van der Waals surface area (Å²) in [6.45, 7) is 3.91. The van der Waals surface area contributed by atoms with Crippen molar-refractivity contribution in [3.8, 4) is 22.8 Å². The second-order valence-corrected chi connectivity index (χ2v) is 9.83. The molecule has 0 aliphatic heterocycles. The Hall–Kier alpha value is -3.11. The maximum absolute atomic E-state index is 12.4. The van der Waals surface area contributed by atoms with Crippen molar-refractivity contribution in [1.29, 1.82) is 0 Å². The first-order valence-corrected chi connectivity index (χ1v) is 12.9. The second kappa shape index (κ2) is 13.4. The van der Waals surface area contributed by atoms with E-state index >= 15 is 0 Å². The molecule has 0 spiro atoms. The lowest BCUT2D eigenvalue weighted by Gasteiger charge is -2.23. The zero-order chi connectivity index (χ0) is 26.9. The summed E-state index contributed by atoms with van der Waals surface area (Å²) < 4.78 is 17.9. The number of methoxy groups -OCH3 is 3. The lowest BCUT2D eigenvalue weighted by molar-refractivity contribution is -0.141. The Morgan fingerprint density at radius 1 is 1.14 bits per heavy atom. The average molecular weight is 517 g/mol. The van der Waals surface area contributed by atoms with E-state index in [-0.39, 0.29) is 36.9 Å². The Labute approximate surface area is 218 Å². The summed E-state index contributed by atoms with van der Waals surface area (Å²) in [5.74, 6) is 0.785. The lowest BCUT2D eigenvalue weighted by Crippen LogP contribution is -2.40. The zero-order valence-electron chi connectivity index (χ0n) is 22.5. The van der Waals surface area contributed by atoms with Gasteiger partial charge in [-0.15, -0.1) is 0 Å². The van der Waals surface area contributed by atoms with Crippen molar-refractivity contribution in [3.05, 3.63) is 30.0 Å². The number of ether oxygens (including phenoxy) is 3. The molecule has 1 aromatic heterocycles. The van der Waals surface area contributed by atoms with E-state index in [0.717, 1.165) is 36.9 Å². The molecular weight excluding hydrogens is 476 g/mol. The molecule has 1 heterocycles. The molecule has 37 heavy (non-hydrogen) atoms. The molecule has 1 aliphatic rings. The zero-order valence-corrected chi connectivity index (χ0v) is 22.5. The van der Waals surface area contributed by atoms with Crippen molar-refractivity contribution in [2.45, 2.75) is 70.7 Å². The molecule has 2 atom stereocenters. The van der Waals surface area contributed by atoms with Gasteiger partial charge in [0, 0.05) is 12.5 Å². The molecule has 2 aromatic rings. The molecule has 10 heteroatoms. The molecular formula is C27H40N4O6. The largest absolute Gasteiger partial charge is 0.496 e. The number of rotatable bonds is 13. The van der Waals surface area contributed by atoms with E-state index < -0.39 is 12.2 Å². The van der Waals surface area contributed by atoms with Gasteiger partial charge < -0.3 is 24.6 Å². The number of carbonyl (C=O) groups is 2. The van der Waals surface area contributed by atoms with Gasteiger partial charge >= 0.3 is 5.97 Å². The molecule has 10 nitrogen and oxygen atoms in total. The number of nitrogens with zero attached hydrogens (tertiary/aromatic N) is 2. The van der Waals surface area contributed by atoms with Gasteiger partial charge in [0.1, 0.15) is 30.0 Å². The molecule has 0 radical (unpaired) electrons. The fourth-order valence-corrected chi connectivity index (χ4v) is 4.89. The van der Waals surface area contributed by atoms with Crippen LogP contribution < -0.4 is 20.1 Å². The number of amides is 1. The molecule has 1 saturated carbocycles. The number of esters is 1. The average Bonchev–Trinajstić information content (AvgIpc) is 3.56. The van der Waals surface area contributed by atoms with Crippen LogP contribution >= 0.6 is 0 Å². The number of hydrogen-bond acceptors (Lipinski definition) is 8. The fourth-order valence-electron chi connectivity index (χ4n) is 4.89.